The Balaban J connectivity index is 1.94. The van der Waals surface area contributed by atoms with Gasteiger partial charge in [0.15, 0.2) is 5.76 Å². The van der Waals surface area contributed by atoms with Gasteiger partial charge < -0.3 is 20.4 Å². The molecule has 0 aliphatic rings. The minimum atomic E-state index is -0.754. The van der Waals surface area contributed by atoms with Crippen LogP contribution in [0.2, 0.25) is 0 Å². The highest BCUT2D eigenvalue weighted by Crippen LogP contribution is 2.21. The topological polar surface area (TPSA) is 100 Å². The molecule has 0 saturated heterocycles. The number of hydrogen-bond acceptors (Lipinski definition) is 5. The Morgan fingerprint density at radius 3 is 2.41 bits per heavy atom. The summed E-state index contributed by atoms with van der Waals surface area (Å²) in [6, 6.07) is 6.35. The van der Waals surface area contributed by atoms with Crippen molar-refractivity contribution in [3.05, 3.63) is 53.0 Å². The Kier molecular flexibility index (Phi) is 8.33. The van der Waals surface area contributed by atoms with Gasteiger partial charge in [0.1, 0.15) is 6.04 Å². The van der Waals surface area contributed by atoms with Crippen LogP contribution in [0.25, 0.3) is 0 Å². The number of benzene rings is 1. The number of thioether (sulfide) groups is 1. The van der Waals surface area contributed by atoms with Gasteiger partial charge >= 0.3 is 0 Å². The van der Waals surface area contributed by atoms with Crippen LogP contribution in [0.3, 0.4) is 0 Å². The number of nitrogens with one attached hydrogen (secondary N) is 3. The van der Waals surface area contributed by atoms with E-state index in [0.717, 1.165) is 22.4 Å². The van der Waals surface area contributed by atoms with Crippen molar-refractivity contribution in [2.45, 2.75) is 33.2 Å². The lowest BCUT2D eigenvalue weighted by atomic mass is 10.1. The van der Waals surface area contributed by atoms with E-state index in [4.69, 9.17) is 4.42 Å². The van der Waals surface area contributed by atoms with Crippen molar-refractivity contribution in [1.82, 2.24) is 10.6 Å². The number of carbonyl (C=O) groups excluding carboxylic acids is 3. The Morgan fingerprint density at radius 1 is 1.14 bits per heavy atom. The molecule has 1 aromatic carbocycles. The van der Waals surface area contributed by atoms with Crippen LogP contribution < -0.4 is 16.0 Å². The normalized spacial score (nSPS) is 11.6. The van der Waals surface area contributed by atoms with Crippen LogP contribution in [0, 0.1) is 20.8 Å². The number of carbonyl (C=O) groups is 3. The predicted molar refractivity (Wildman–Crippen MR) is 115 cm³/mol. The summed E-state index contributed by atoms with van der Waals surface area (Å²) in [5.74, 6) is -0.382. The Hall–Kier alpha value is -2.74. The van der Waals surface area contributed by atoms with E-state index in [9.17, 15) is 14.4 Å². The first-order valence-electron chi connectivity index (χ1n) is 9.30. The fourth-order valence-electron chi connectivity index (χ4n) is 2.99. The van der Waals surface area contributed by atoms with Crippen molar-refractivity contribution in [3.8, 4) is 0 Å². The standard InChI is InChI=1S/C21H27N3O4S/c1-13-10-14(2)19(15(3)11-13)24-18(25)12-22-20(26)16(7-9-29-4)23-21(27)17-6-5-8-28-17/h5-6,8,10-11,16H,7,9,12H2,1-4H3,(H,22,26)(H,23,27)(H,24,25)/t16-/m0/s1. The molecule has 0 bridgehead atoms. The summed E-state index contributed by atoms with van der Waals surface area (Å²) in [4.78, 5) is 37.1. The third kappa shape index (κ3) is 6.67. The number of hydrogen-bond donors (Lipinski definition) is 3. The molecule has 0 radical (unpaired) electrons. The van der Waals surface area contributed by atoms with Crippen LogP contribution in [0.5, 0.6) is 0 Å². The largest absolute Gasteiger partial charge is 0.459 e. The van der Waals surface area contributed by atoms with Crippen LogP contribution in [0.4, 0.5) is 5.69 Å². The van der Waals surface area contributed by atoms with Gasteiger partial charge in [-0.3, -0.25) is 14.4 Å². The number of rotatable bonds is 9. The third-order valence-corrected chi connectivity index (χ3v) is 4.99. The molecule has 156 valence electrons. The summed E-state index contributed by atoms with van der Waals surface area (Å²) in [6.45, 7) is 5.67. The molecule has 29 heavy (non-hydrogen) atoms. The molecule has 0 spiro atoms. The van der Waals surface area contributed by atoms with Crippen LogP contribution in [0.15, 0.2) is 34.9 Å². The lowest BCUT2D eigenvalue weighted by Gasteiger charge is -2.18. The maximum absolute atomic E-state index is 12.5. The first kappa shape index (κ1) is 22.5. The van der Waals surface area contributed by atoms with Gasteiger partial charge in [0.25, 0.3) is 5.91 Å². The Bertz CT molecular complexity index is 842. The van der Waals surface area contributed by atoms with Gasteiger partial charge in [-0.05, 0) is 62.5 Å². The fraction of sp³-hybridized carbons (Fsp3) is 0.381. The zero-order valence-corrected chi connectivity index (χ0v) is 17.9. The van der Waals surface area contributed by atoms with E-state index < -0.39 is 17.9 Å². The molecule has 1 heterocycles. The first-order chi connectivity index (χ1) is 13.8. The highest BCUT2D eigenvalue weighted by Gasteiger charge is 2.22. The summed E-state index contributed by atoms with van der Waals surface area (Å²) in [5.41, 5.74) is 3.80. The van der Waals surface area contributed by atoms with E-state index in [1.807, 2.05) is 39.2 Å². The van der Waals surface area contributed by atoms with Crippen LogP contribution in [0.1, 0.15) is 33.7 Å². The molecule has 3 amide bonds. The van der Waals surface area contributed by atoms with E-state index >= 15 is 0 Å². The van der Waals surface area contributed by atoms with Crippen molar-refractivity contribution < 1.29 is 18.8 Å². The minimum Gasteiger partial charge on any atom is -0.459 e. The second-order valence-corrected chi connectivity index (χ2v) is 7.81. The molecule has 0 saturated carbocycles. The van der Waals surface area contributed by atoms with Gasteiger partial charge in [0, 0.05) is 5.69 Å². The SMILES string of the molecule is CSCC[C@H](NC(=O)c1ccco1)C(=O)NCC(=O)Nc1c(C)cc(C)cc1C. The zero-order chi connectivity index (χ0) is 21.4. The summed E-state index contributed by atoms with van der Waals surface area (Å²) in [6.07, 6.45) is 3.76. The number of aryl methyl sites for hydroxylation is 3. The van der Waals surface area contributed by atoms with E-state index in [1.54, 1.807) is 17.8 Å². The maximum atomic E-state index is 12.5. The molecule has 2 rings (SSSR count). The van der Waals surface area contributed by atoms with Crippen molar-refractivity contribution in [2.24, 2.45) is 0 Å². The molecule has 0 aliphatic carbocycles. The highest BCUT2D eigenvalue weighted by atomic mass is 32.2. The molecule has 0 fully saturated rings. The molecule has 1 atom stereocenters. The Morgan fingerprint density at radius 2 is 1.83 bits per heavy atom. The zero-order valence-electron chi connectivity index (χ0n) is 17.1. The number of amides is 3. The maximum Gasteiger partial charge on any atom is 0.287 e. The number of furan rings is 1. The fourth-order valence-corrected chi connectivity index (χ4v) is 3.46. The monoisotopic (exact) mass is 417 g/mol. The van der Waals surface area contributed by atoms with Gasteiger partial charge in [0.2, 0.25) is 11.8 Å². The van der Waals surface area contributed by atoms with Gasteiger partial charge in [-0.2, -0.15) is 11.8 Å². The average molecular weight is 418 g/mol. The third-order valence-electron chi connectivity index (χ3n) is 4.34. The van der Waals surface area contributed by atoms with E-state index in [-0.39, 0.29) is 18.2 Å². The van der Waals surface area contributed by atoms with E-state index in [2.05, 4.69) is 16.0 Å². The molecular weight excluding hydrogens is 390 g/mol. The molecule has 1 aromatic heterocycles. The second kappa shape index (κ2) is 10.7. The lowest BCUT2D eigenvalue weighted by molar-refractivity contribution is -0.125. The summed E-state index contributed by atoms with van der Waals surface area (Å²) in [5, 5.41) is 8.12. The van der Waals surface area contributed by atoms with Crippen molar-refractivity contribution in [2.75, 3.05) is 23.9 Å². The molecule has 7 nitrogen and oxygen atoms in total. The van der Waals surface area contributed by atoms with E-state index in [1.165, 1.54) is 12.3 Å². The quantitative estimate of drug-likeness (QED) is 0.583. The molecular formula is C21H27N3O4S. The van der Waals surface area contributed by atoms with Crippen molar-refractivity contribution >= 4 is 35.2 Å². The second-order valence-electron chi connectivity index (χ2n) is 6.82. The van der Waals surface area contributed by atoms with E-state index in [0.29, 0.717) is 12.2 Å². The highest BCUT2D eigenvalue weighted by molar-refractivity contribution is 7.98. The predicted octanol–water partition coefficient (Wildman–Crippen LogP) is 2.81. The molecule has 0 unspecified atom stereocenters. The minimum absolute atomic E-state index is 0.134. The first-order valence-corrected chi connectivity index (χ1v) is 10.7. The van der Waals surface area contributed by atoms with Gasteiger partial charge in [-0.1, -0.05) is 17.7 Å². The summed E-state index contributed by atoms with van der Waals surface area (Å²) < 4.78 is 5.06. The lowest BCUT2D eigenvalue weighted by Crippen LogP contribution is -2.48. The average Bonchev–Trinajstić information content (AvgIpc) is 3.20. The van der Waals surface area contributed by atoms with Gasteiger partial charge in [0.05, 0.1) is 12.8 Å². The molecule has 3 N–H and O–H groups in total. The number of anilines is 1. The smallest absolute Gasteiger partial charge is 0.287 e. The summed E-state index contributed by atoms with van der Waals surface area (Å²) in [7, 11) is 0. The van der Waals surface area contributed by atoms with Crippen molar-refractivity contribution in [3.63, 3.8) is 0 Å². The van der Waals surface area contributed by atoms with Gasteiger partial charge in [-0.15, -0.1) is 0 Å². The summed E-state index contributed by atoms with van der Waals surface area (Å²) >= 11 is 1.57. The molecule has 2 aromatic rings. The van der Waals surface area contributed by atoms with Crippen LogP contribution in [-0.2, 0) is 9.59 Å². The van der Waals surface area contributed by atoms with Crippen LogP contribution >= 0.6 is 11.8 Å². The van der Waals surface area contributed by atoms with Crippen molar-refractivity contribution in [1.29, 1.82) is 0 Å². The Labute approximate surface area is 175 Å². The molecule has 8 heteroatoms. The van der Waals surface area contributed by atoms with Gasteiger partial charge in [-0.25, -0.2) is 0 Å². The molecule has 0 aliphatic heterocycles. The van der Waals surface area contributed by atoms with Crippen LogP contribution in [-0.4, -0.2) is 42.3 Å².